The van der Waals surface area contributed by atoms with Crippen molar-refractivity contribution in [3.05, 3.63) is 82.9 Å². The molecular weight excluding hydrogens is 446 g/mol. The molecule has 0 bridgehead atoms. The van der Waals surface area contributed by atoms with Crippen molar-refractivity contribution in [2.75, 3.05) is 0 Å². The number of hydrogen-bond acceptors (Lipinski definition) is 0. The van der Waals surface area contributed by atoms with Crippen LogP contribution in [0.25, 0.3) is 0 Å². The predicted molar refractivity (Wildman–Crippen MR) is 146 cm³/mol. The van der Waals surface area contributed by atoms with E-state index in [9.17, 15) is 4.39 Å². The van der Waals surface area contributed by atoms with E-state index in [4.69, 9.17) is 0 Å². The van der Waals surface area contributed by atoms with E-state index in [0.29, 0.717) is 11.8 Å². The van der Waals surface area contributed by atoms with E-state index in [1.807, 2.05) is 19.1 Å². The summed E-state index contributed by atoms with van der Waals surface area (Å²) in [4.78, 5) is 0. The molecule has 0 amide bonds. The second-order valence-corrected chi connectivity index (χ2v) is 12.1. The highest BCUT2D eigenvalue weighted by atomic mass is 19.1. The Labute approximate surface area is 217 Å². The van der Waals surface area contributed by atoms with Crippen LogP contribution < -0.4 is 0 Å². The lowest BCUT2D eigenvalue weighted by molar-refractivity contribution is 0.171. The molecule has 0 atom stereocenters. The van der Waals surface area contributed by atoms with Gasteiger partial charge < -0.3 is 0 Å². The van der Waals surface area contributed by atoms with Crippen LogP contribution in [-0.4, -0.2) is 0 Å². The average molecular weight is 491 g/mol. The van der Waals surface area contributed by atoms with Gasteiger partial charge in [0.05, 0.1) is 0 Å². The second kappa shape index (κ2) is 11.6. The van der Waals surface area contributed by atoms with E-state index in [1.54, 1.807) is 6.07 Å². The van der Waals surface area contributed by atoms with Crippen molar-refractivity contribution >= 4 is 0 Å². The molecule has 2 heteroatoms. The lowest BCUT2D eigenvalue weighted by Gasteiger charge is -2.37. The Hall–Kier alpha value is -1.96. The van der Waals surface area contributed by atoms with E-state index >= 15 is 4.39 Å². The molecule has 3 aliphatic rings. The van der Waals surface area contributed by atoms with Crippen LogP contribution in [0.3, 0.4) is 0 Å². The Morgan fingerprint density at radius 3 is 1.69 bits per heavy atom. The minimum absolute atomic E-state index is 0.000774. The van der Waals surface area contributed by atoms with Crippen LogP contribution >= 0.6 is 0 Å². The molecule has 0 radical (unpaired) electrons. The van der Waals surface area contributed by atoms with Crippen LogP contribution in [0.1, 0.15) is 124 Å². The number of hydrogen-bond donors (Lipinski definition) is 0. The van der Waals surface area contributed by atoms with Crippen molar-refractivity contribution in [1.29, 1.82) is 0 Å². The van der Waals surface area contributed by atoms with Gasteiger partial charge in [0.25, 0.3) is 0 Å². The Bertz CT molecular complexity index is 1020. The maximum absolute atomic E-state index is 15.3. The molecule has 3 fully saturated rings. The minimum atomic E-state index is -0.0761. The fourth-order valence-corrected chi connectivity index (χ4v) is 7.75. The molecule has 0 unspecified atom stereocenters. The van der Waals surface area contributed by atoms with Crippen molar-refractivity contribution in [3.8, 4) is 0 Å². The predicted octanol–water partition coefficient (Wildman–Crippen LogP) is 10.2. The largest absolute Gasteiger partial charge is 0.207 e. The summed E-state index contributed by atoms with van der Waals surface area (Å²) in [5.74, 6) is 3.64. The number of aryl methyl sites for hydroxylation is 1. The molecule has 0 N–H and O–H groups in total. The number of halogens is 2. The average Bonchev–Trinajstić information content (AvgIpc) is 2.93. The molecule has 2 aromatic rings. The first-order chi connectivity index (χ1) is 17.6. The van der Waals surface area contributed by atoms with Gasteiger partial charge in [0, 0.05) is 0 Å². The molecule has 3 saturated carbocycles. The minimum Gasteiger partial charge on any atom is -0.207 e. The molecule has 0 aliphatic heterocycles. The van der Waals surface area contributed by atoms with Crippen LogP contribution in [0.5, 0.6) is 0 Å². The molecule has 36 heavy (non-hydrogen) atoms. The molecule has 0 aromatic heterocycles. The summed E-state index contributed by atoms with van der Waals surface area (Å²) in [6.45, 7) is 5.98. The lowest BCUT2D eigenvalue weighted by Crippen LogP contribution is -2.25. The van der Waals surface area contributed by atoms with E-state index in [0.717, 1.165) is 66.5 Å². The van der Waals surface area contributed by atoms with Gasteiger partial charge in [-0.1, -0.05) is 37.3 Å². The Morgan fingerprint density at radius 1 is 0.667 bits per heavy atom. The van der Waals surface area contributed by atoms with Crippen LogP contribution in [0.2, 0.25) is 0 Å². The number of rotatable bonds is 6. The van der Waals surface area contributed by atoms with Crippen molar-refractivity contribution in [1.82, 2.24) is 0 Å². The molecular formula is C34H44F2. The first-order valence-corrected chi connectivity index (χ1v) is 14.8. The third kappa shape index (κ3) is 5.63. The van der Waals surface area contributed by atoms with Gasteiger partial charge in [0.1, 0.15) is 11.6 Å². The zero-order valence-corrected chi connectivity index (χ0v) is 22.2. The van der Waals surface area contributed by atoms with Crippen LogP contribution in [0.15, 0.2) is 49.1 Å². The Kier molecular flexibility index (Phi) is 8.28. The molecule has 3 aliphatic carbocycles. The van der Waals surface area contributed by atoms with Crippen molar-refractivity contribution in [2.24, 2.45) is 17.8 Å². The third-order valence-electron chi connectivity index (χ3n) is 10.2. The SMILES string of the molecule is C=CC1CCC(C2CCC(c3ccc(C4CCC(c5ccc(CC)c(F)c5)CC4)c(F)c3)CC2)CC1. The van der Waals surface area contributed by atoms with Crippen LogP contribution in [0.4, 0.5) is 8.78 Å². The van der Waals surface area contributed by atoms with Crippen LogP contribution in [0, 0.1) is 29.4 Å². The summed E-state index contributed by atoms with van der Waals surface area (Å²) in [6, 6.07) is 12.0. The normalized spacial score (nSPS) is 31.2. The molecule has 0 saturated heterocycles. The van der Waals surface area contributed by atoms with E-state index in [2.05, 4.69) is 30.9 Å². The lowest BCUT2D eigenvalue weighted by atomic mass is 9.68. The molecule has 0 nitrogen and oxygen atoms in total. The third-order valence-corrected chi connectivity index (χ3v) is 10.2. The first-order valence-electron chi connectivity index (χ1n) is 14.8. The molecule has 2 aromatic carbocycles. The summed E-state index contributed by atoms with van der Waals surface area (Å²) < 4.78 is 29.6. The summed E-state index contributed by atoms with van der Waals surface area (Å²) in [5.41, 5.74) is 4.02. The highest BCUT2D eigenvalue weighted by Gasteiger charge is 2.31. The molecule has 0 heterocycles. The van der Waals surface area contributed by atoms with E-state index < -0.39 is 0 Å². The quantitative estimate of drug-likeness (QED) is 0.353. The van der Waals surface area contributed by atoms with Crippen LogP contribution in [-0.2, 0) is 6.42 Å². The number of benzene rings is 2. The maximum atomic E-state index is 15.3. The topological polar surface area (TPSA) is 0 Å². The van der Waals surface area contributed by atoms with Crippen molar-refractivity contribution in [2.45, 2.75) is 108 Å². The molecule has 5 rings (SSSR count). The van der Waals surface area contributed by atoms with Gasteiger partial charge in [-0.25, -0.2) is 8.78 Å². The van der Waals surface area contributed by atoms with Gasteiger partial charge in [-0.2, -0.15) is 0 Å². The summed E-state index contributed by atoms with van der Waals surface area (Å²) in [7, 11) is 0. The van der Waals surface area contributed by atoms with E-state index in [-0.39, 0.29) is 17.6 Å². The Morgan fingerprint density at radius 2 is 1.17 bits per heavy atom. The standard InChI is InChI=1S/C34H44F2/c1-3-23-5-7-25(8-6-23)26-10-12-27(13-11-26)31-19-20-32(34(36)22-31)29-16-14-28(15-17-29)30-18-9-24(4-2)33(35)21-30/h3,9,18-23,25-29H,1,4-8,10-17H2,2H3. The molecule has 0 spiro atoms. The van der Waals surface area contributed by atoms with Gasteiger partial charge in [-0.3, -0.25) is 0 Å². The molecule has 194 valence electrons. The van der Waals surface area contributed by atoms with Gasteiger partial charge >= 0.3 is 0 Å². The highest BCUT2D eigenvalue weighted by Crippen LogP contribution is 2.45. The summed E-state index contributed by atoms with van der Waals surface area (Å²) >= 11 is 0. The fourth-order valence-electron chi connectivity index (χ4n) is 7.75. The first kappa shape index (κ1) is 25.7. The van der Waals surface area contributed by atoms with Crippen molar-refractivity contribution in [3.63, 3.8) is 0 Å². The monoisotopic (exact) mass is 490 g/mol. The fraction of sp³-hybridized carbons (Fsp3) is 0.588. The maximum Gasteiger partial charge on any atom is 0.126 e. The van der Waals surface area contributed by atoms with Gasteiger partial charge in [0.15, 0.2) is 0 Å². The Balaban J connectivity index is 1.14. The van der Waals surface area contributed by atoms with Gasteiger partial charge in [-0.15, -0.1) is 6.58 Å². The zero-order chi connectivity index (χ0) is 25.1. The second-order valence-electron chi connectivity index (χ2n) is 12.1. The van der Waals surface area contributed by atoms with Gasteiger partial charge in [-0.05, 0) is 153 Å². The van der Waals surface area contributed by atoms with E-state index in [1.165, 1.54) is 56.9 Å². The zero-order valence-electron chi connectivity index (χ0n) is 22.2. The number of allylic oxidation sites excluding steroid dienone is 1. The highest BCUT2D eigenvalue weighted by molar-refractivity contribution is 5.32. The van der Waals surface area contributed by atoms with Gasteiger partial charge in [0.2, 0.25) is 0 Å². The van der Waals surface area contributed by atoms with Crippen molar-refractivity contribution < 1.29 is 8.78 Å². The summed E-state index contributed by atoms with van der Waals surface area (Å²) in [5, 5.41) is 0. The summed E-state index contributed by atoms with van der Waals surface area (Å²) in [6.07, 6.45) is 17.3. The smallest absolute Gasteiger partial charge is 0.126 e.